The molecule has 96 valence electrons. The molecule has 0 amide bonds. The first kappa shape index (κ1) is 13.0. The molecule has 1 heterocycles. The topological polar surface area (TPSA) is 42.4 Å². The molecule has 18 heavy (non-hydrogen) atoms. The second-order valence-electron chi connectivity index (χ2n) is 4.91. The highest BCUT2D eigenvalue weighted by Crippen LogP contribution is 2.18. The monoisotopic (exact) mass is 245 g/mol. The third kappa shape index (κ3) is 3.28. The van der Waals surface area contributed by atoms with Gasteiger partial charge in [-0.05, 0) is 25.5 Å². The average molecular weight is 245 g/mol. The minimum absolute atomic E-state index is 0.543. The minimum Gasteiger partial charge on any atom is -0.390 e. The predicted molar refractivity (Wildman–Crippen MR) is 72.6 cm³/mol. The zero-order chi connectivity index (χ0) is 13.0. The van der Waals surface area contributed by atoms with Gasteiger partial charge in [0.05, 0.1) is 11.1 Å². The molecule has 0 saturated heterocycles. The molecule has 0 bridgehead atoms. The fourth-order valence-corrected chi connectivity index (χ4v) is 2.01. The van der Waals surface area contributed by atoms with Crippen LogP contribution in [0, 0.1) is 0 Å². The Labute approximate surface area is 107 Å². The molecule has 1 aromatic heterocycles. The molecule has 1 N–H and O–H groups in total. The van der Waals surface area contributed by atoms with Crippen molar-refractivity contribution >= 4 is 10.9 Å². The maximum Gasteiger partial charge on any atom is 0.0705 e. The molecule has 2 aromatic rings. The summed E-state index contributed by atoms with van der Waals surface area (Å²) in [7, 11) is 1.64. The Balaban J connectivity index is 2.16. The van der Waals surface area contributed by atoms with Gasteiger partial charge >= 0.3 is 0 Å². The lowest BCUT2D eigenvalue weighted by Gasteiger charge is -2.22. The lowest BCUT2D eigenvalue weighted by atomic mass is 9.96. The molecule has 0 aliphatic heterocycles. The summed E-state index contributed by atoms with van der Waals surface area (Å²) in [6.45, 7) is 2.38. The molecule has 1 unspecified atom stereocenters. The molecule has 0 spiro atoms. The summed E-state index contributed by atoms with van der Waals surface area (Å²) in [6, 6.07) is 12.0. The van der Waals surface area contributed by atoms with Crippen LogP contribution in [0.3, 0.4) is 0 Å². The highest BCUT2D eigenvalue weighted by atomic mass is 16.5. The van der Waals surface area contributed by atoms with Crippen molar-refractivity contribution in [2.24, 2.45) is 0 Å². The van der Waals surface area contributed by atoms with E-state index in [9.17, 15) is 5.11 Å². The molecule has 0 saturated carbocycles. The maximum absolute atomic E-state index is 10.3. The smallest absolute Gasteiger partial charge is 0.0705 e. The van der Waals surface area contributed by atoms with Crippen LogP contribution in [0.25, 0.3) is 10.9 Å². The Morgan fingerprint density at radius 2 is 2.00 bits per heavy atom. The lowest BCUT2D eigenvalue weighted by Crippen LogP contribution is -2.29. The van der Waals surface area contributed by atoms with Gasteiger partial charge in [0, 0.05) is 31.2 Å². The molecule has 1 atom stereocenters. The molecule has 0 aliphatic rings. The van der Waals surface area contributed by atoms with Crippen molar-refractivity contribution in [2.75, 3.05) is 13.7 Å². The number of rotatable bonds is 5. The first-order chi connectivity index (χ1) is 8.61. The van der Waals surface area contributed by atoms with E-state index in [0.717, 1.165) is 16.6 Å². The van der Waals surface area contributed by atoms with E-state index in [1.165, 1.54) is 0 Å². The number of pyridine rings is 1. The Morgan fingerprint density at radius 1 is 1.22 bits per heavy atom. The molecule has 3 nitrogen and oxygen atoms in total. The molecule has 0 aliphatic carbocycles. The van der Waals surface area contributed by atoms with Gasteiger partial charge in [-0.3, -0.25) is 4.98 Å². The number of fused-ring (bicyclic) bond motifs is 1. The number of hydrogen-bond acceptors (Lipinski definition) is 3. The summed E-state index contributed by atoms with van der Waals surface area (Å²) in [5.74, 6) is 0. The van der Waals surface area contributed by atoms with Crippen LogP contribution in [-0.4, -0.2) is 29.4 Å². The largest absolute Gasteiger partial charge is 0.390 e. The number of nitrogens with zero attached hydrogens (tertiary/aromatic N) is 1. The van der Waals surface area contributed by atoms with Gasteiger partial charge in [0.25, 0.3) is 0 Å². The Bertz CT molecular complexity index is 523. The van der Waals surface area contributed by atoms with Crippen molar-refractivity contribution in [3.8, 4) is 0 Å². The van der Waals surface area contributed by atoms with E-state index < -0.39 is 5.60 Å². The van der Waals surface area contributed by atoms with Gasteiger partial charge < -0.3 is 9.84 Å². The van der Waals surface area contributed by atoms with Gasteiger partial charge in [-0.1, -0.05) is 24.3 Å². The summed E-state index contributed by atoms with van der Waals surface area (Å²) in [6.07, 6.45) is 1.15. The molecule has 0 radical (unpaired) electrons. The van der Waals surface area contributed by atoms with Crippen LogP contribution in [0.5, 0.6) is 0 Å². The molecular formula is C15H19NO2. The lowest BCUT2D eigenvalue weighted by molar-refractivity contribution is 0.0242. The quantitative estimate of drug-likeness (QED) is 0.880. The van der Waals surface area contributed by atoms with E-state index in [1.54, 1.807) is 7.11 Å². The summed E-state index contributed by atoms with van der Waals surface area (Å²) in [5, 5.41) is 11.4. The summed E-state index contributed by atoms with van der Waals surface area (Å²) in [5.41, 5.74) is 1.11. The second kappa shape index (κ2) is 5.46. The van der Waals surface area contributed by atoms with Crippen molar-refractivity contribution in [1.82, 2.24) is 4.98 Å². The summed E-state index contributed by atoms with van der Waals surface area (Å²) < 4.78 is 5.01. The number of aliphatic hydroxyl groups is 1. The van der Waals surface area contributed by atoms with Crippen molar-refractivity contribution in [1.29, 1.82) is 0 Å². The van der Waals surface area contributed by atoms with E-state index in [4.69, 9.17) is 4.74 Å². The first-order valence-corrected chi connectivity index (χ1v) is 6.17. The number of methoxy groups -OCH3 is 1. The number of aromatic nitrogens is 1. The SMILES string of the molecule is COCCC(C)(O)Cc1ccc2ccccc2n1. The standard InChI is InChI=1S/C15H19NO2/c1-15(17,9-10-18-2)11-13-8-7-12-5-3-4-6-14(12)16-13/h3-8,17H,9-11H2,1-2H3. The van der Waals surface area contributed by atoms with Gasteiger partial charge in [-0.25, -0.2) is 0 Å². The Hall–Kier alpha value is -1.45. The highest BCUT2D eigenvalue weighted by Gasteiger charge is 2.21. The van der Waals surface area contributed by atoms with Gasteiger partial charge in [0.1, 0.15) is 0 Å². The fraction of sp³-hybridized carbons (Fsp3) is 0.400. The minimum atomic E-state index is -0.772. The van der Waals surface area contributed by atoms with Gasteiger partial charge in [-0.2, -0.15) is 0 Å². The van der Waals surface area contributed by atoms with Crippen molar-refractivity contribution < 1.29 is 9.84 Å². The first-order valence-electron chi connectivity index (χ1n) is 6.17. The van der Waals surface area contributed by atoms with Gasteiger partial charge in [0.2, 0.25) is 0 Å². The van der Waals surface area contributed by atoms with Crippen LogP contribution in [0.15, 0.2) is 36.4 Å². The van der Waals surface area contributed by atoms with Crippen LogP contribution in [0.4, 0.5) is 0 Å². The Morgan fingerprint density at radius 3 is 2.78 bits per heavy atom. The summed E-state index contributed by atoms with van der Waals surface area (Å²) >= 11 is 0. The Kier molecular flexibility index (Phi) is 3.94. The van der Waals surface area contributed by atoms with Gasteiger partial charge in [-0.15, -0.1) is 0 Å². The third-order valence-corrected chi connectivity index (χ3v) is 3.06. The van der Waals surface area contributed by atoms with Gasteiger partial charge in [0.15, 0.2) is 0 Å². The third-order valence-electron chi connectivity index (χ3n) is 3.06. The zero-order valence-corrected chi connectivity index (χ0v) is 10.9. The number of hydrogen-bond donors (Lipinski definition) is 1. The maximum atomic E-state index is 10.3. The van der Waals surface area contributed by atoms with E-state index in [0.29, 0.717) is 19.4 Å². The predicted octanol–water partition coefficient (Wildman–Crippen LogP) is 2.56. The van der Waals surface area contributed by atoms with Crippen LogP contribution in [-0.2, 0) is 11.2 Å². The highest BCUT2D eigenvalue weighted by molar-refractivity contribution is 5.78. The van der Waals surface area contributed by atoms with Crippen LogP contribution in [0.2, 0.25) is 0 Å². The van der Waals surface area contributed by atoms with Crippen LogP contribution >= 0.6 is 0 Å². The van der Waals surface area contributed by atoms with E-state index in [2.05, 4.69) is 4.98 Å². The number of benzene rings is 1. The van der Waals surface area contributed by atoms with E-state index >= 15 is 0 Å². The summed E-state index contributed by atoms with van der Waals surface area (Å²) in [4.78, 5) is 4.57. The molecular weight excluding hydrogens is 226 g/mol. The molecule has 3 heteroatoms. The van der Waals surface area contributed by atoms with Crippen molar-refractivity contribution in [3.05, 3.63) is 42.1 Å². The molecule has 1 aromatic carbocycles. The number of para-hydroxylation sites is 1. The number of ether oxygens (including phenoxy) is 1. The molecule has 0 fully saturated rings. The van der Waals surface area contributed by atoms with Crippen LogP contribution in [0.1, 0.15) is 19.0 Å². The van der Waals surface area contributed by atoms with Crippen LogP contribution < -0.4 is 0 Å². The normalized spacial score (nSPS) is 14.6. The van der Waals surface area contributed by atoms with E-state index in [1.807, 2.05) is 43.3 Å². The molecule has 2 rings (SSSR count). The average Bonchev–Trinajstić information content (AvgIpc) is 2.36. The zero-order valence-electron chi connectivity index (χ0n) is 10.9. The second-order valence-corrected chi connectivity index (χ2v) is 4.91. The van der Waals surface area contributed by atoms with Crippen molar-refractivity contribution in [3.63, 3.8) is 0 Å². The van der Waals surface area contributed by atoms with Crippen molar-refractivity contribution in [2.45, 2.75) is 25.4 Å². The van der Waals surface area contributed by atoms with E-state index in [-0.39, 0.29) is 0 Å². The fourth-order valence-electron chi connectivity index (χ4n) is 2.01.